The fourth-order valence-electron chi connectivity index (χ4n) is 4.17. The maximum atomic E-state index is 13.6. The van der Waals surface area contributed by atoms with E-state index in [1.807, 2.05) is 75.4 Å². The number of ketones is 1. The van der Waals surface area contributed by atoms with Crippen LogP contribution in [-0.2, 0) is 32.0 Å². The molecule has 8 nitrogen and oxygen atoms in total. The Kier molecular flexibility index (Phi) is 9.10. The van der Waals surface area contributed by atoms with Crippen LogP contribution in [0.4, 0.5) is 0 Å². The van der Waals surface area contributed by atoms with E-state index < -0.39 is 29.6 Å². The third-order valence-electron chi connectivity index (χ3n) is 6.29. The Morgan fingerprint density at radius 3 is 2.00 bits per heavy atom. The molecule has 0 unspecified atom stereocenters. The highest BCUT2D eigenvalue weighted by molar-refractivity contribution is 5.98. The van der Waals surface area contributed by atoms with Gasteiger partial charge in [-0.1, -0.05) is 42.5 Å². The minimum Gasteiger partial charge on any atom is -0.497 e. The summed E-state index contributed by atoms with van der Waals surface area (Å²) in [6.07, 6.45) is 0.583. The van der Waals surface area contributed by atoms with Gasteiger partial charge in [-0.25, -0.2) is 0 Å². The lowest BCUT2D eigenvalue weighted by Crippen LogP contribution is -2.58. The highest BCUT2D eigenvalue weighted by atomic mass is 16.6. The number of rotatable bonds is 12. The van der Waals surface area contributed by atoms with Gasteiger partial charge in [-0.15, -0.1) is 0 Å². The number of benzene rings is 2. The molecule has 1 aliphatic heterocycles. The molecule has 2 aromatic rings. The Morgan fingerprint density at radius 1 is 0.919 bits per heavy atom. The summed E-state index contributed by atoms with van der Waals surface area (Å²) in [5.74, 6) is -0.206. The lowest BCUT2D eigenvalue weighted by atomic mass is 9.94. The lowest BCUT2D eigenvalue weighted by Gasteiger charge is -2.28. The van der Waals surface area contributed by atoms with Crippen LogP contribution in [0, 0.1) is 0 Å². The van der Waals surface area contributed by atoms with Crippen LogP contribution in [0.15, 0.2) is 54.6 Å². The second-order valence-corrected chi connectivity index (χ2v) is 10.9. The fraction of sp³-hybridized carbons (Fsp3) is 0.483. The number of amides is 2. The van der Waals surface area contributed by atoms with Gasteiger partial charge in [0.25, 0.3) is 0 Å². The first-order chi connectivity index (χ1) is 17.4. The molecule has 0 aliphatic carbocycles. The normalized spacial score (nSPS) is 19.3. The van der Waals surface area contributed by atoms with Crippen molar-refractivity contribution in [1.82, 2.24) is 16.0 Å². The molecule has 0 saturated carbocycles. The molecule has 1 heterocycles. The van der Waals surface area contributed by atoms with Gasteiger partial charge in [-0.3, -0.25) is 14.4 Å². The molecule has 2 amide bonds. The largest absolute Gasteiger partial charge is 0.497 e. The van der Waals surface area contributed by atoms with Gasteiger partial charge in [-0.2, -0.15) is 0 Å². The number of methoxy groups -OCH3 is 1. The van der Waals surface area contributed by atoms with Gasteiger partial charge in [0.05, 0.1) is 25.8 Å². The second kappa shape index (κ2) is 11.9. The molecule has 0 bridgehead atoms. The maximum Gasteiger partial charge on any atom is 0.243 e. The molecular weight excluding hydrogens is 470 g/mol. The van der Waals surface area contributed by atoms with Crippen molar-refractivity contribution in [3.63, 3.8) is 0 Å². The molecule has 1 aliphatic rings. The Hall–Kier alpha value is -3.23. The summed E-state index contributed by atoms with van der Waals surface area (Å²) in [5.41, 5.74) is 0.592. The van der Waals surface area contributed by atoms with E-state index in [0.29, 0.717) is 18.8 Å². The number of hydrogen-bond acceptors (Lipinski definition) is 6. The van der Waals surface area contributed by atoms with Crippen molar-refractivity contribution in [1.29, 1.82) is 0 Å². The predicted octanol–water partition coefficient (Wildman–Crippen LogP) is 2.58. The zero-order valence-corrected chi connectivity index (χ0v) is 22.6. The molecule has 2 aromatic carbocycles. The number of nitrogens with one attached hydrogen (secondary N) is 3. The van der Waals surface area contributed by atoms with E-state index in [4.69, 9.17) is 9.47 Å². The standard InChI is InChI=1S/C29H39N3O5/c1-19(32-28(2,3)4)26(34)31-24(17-21-12-14-22(36-6)15-13-21)27(35)30-23(25(33)29(5)18-37-29)16-20-10-8-7-9-11-20/h7-15,19,23-24,32H,16-18H2,1-6H3,(H,30,35)(H,31,34)/t19-,23-,24-,29+/m0/s1. The monoisotopic (exact) mass is 509 g/mol. The van der Waals surface area contributed by atoms with Gasteiger partial charge in [0.15, 0.2) is 5.78 Å². The molecule has 0 radical (unpaired) electrons. The number of carbonyl (C=O) groups is 3. The number of Topliss-reactive ketones (excluding diaryl/α,β-unsaturated/α-hetero) is 1. The van der Waals surface area contributed by atoms with Crippen molar-refractivity contribution < 1.29 is 23.9 Å². The number of hydrogen-bond donors (Lipinski definition) is 3. The molecule has 8 heteroatoms. The van der Waals surface area contributed by atoms with Crippen LogP contribution >= 0.6 is 0 Å². The SMILES string of the molecule is COc1ccc(C[C@H](NC(=O)[C@H](C)NC(C)(C)C)C(=O)N[C@@H](Cc2ccccc2)C(=O)[C@@]2(C)CO2)cc1. The van der Waals surface area contributed by atoms with E-state index in [1.54, 1.807) is 21.0 Å². The van der Waals surface area contributed by atoms with E-state index in [9.17, 15) is 14.4 Å². The van der Waals surface area contributed by atoms with Crippen LogP contribution in [0.3, 0.4) is 0 Å². The highest BCUT2D eigenvalue weighted by Gasteiger charge is 2.50. The maximum absolute atomic E-state index is 13.6. The summed E-state index contributed by atoms with van der Waals surface area (Å²) in [4.78, 5) is 39.9. The molecule has 37 heavy (non-hydrogen) atoms. The molecule has 200 valence electrons. The molecular formula is C29H39N3O5. The summed E-state index contributed by atoms with van der Waals surface area (Å²) < 4.78 is 10.6. The van der Waals surface area contributed by atoms with Gasteiger partial charge >= 0.3 is 0 Å². The summed E-state index contributed by atoms with van der Waals surface area (Å²) in [6, 6.07) is 14.6. The van der Waals surface area contributed by atoms with Crippen LogP contribution in [-0.4, -0.2) is 60.6 Å². The summed E-state index contributed by atoms with van der Waals surface area (Å²) in [5, 5.41) is 9.04. The van der Waals surface area contributed by atoms with Crippen molar-refractivity contribution in [2.24, 2.45) is 0 Å². The quantitative estimate of drug-likeness (QED) is 0.380. The first-order valence-electron chi connectivity index (χ1n) is 12.6. The molecule has 0 spiro atoms. The van der Waals surface area contributed by atoms with Gasteiger partial charge in [0, 0.05) is 12.0 Å². The summed E-state index contributed by atoms with van der Waals surface area (Å²) >= 11 is 0. The van der Waals surface area contributed by atoms with Crippen molar-refractivity contribution in [2.75, 3.05) is 13.7 Å². The summed E-state index contributed by atoms with van der Waals surface area (Å²) in [6.45, 7) is 9.73. The minimum atomic E-state index is -0.896. The molecule has 3 N–H and O–H groups in total. The van der Waals surface area contributed by atoms with Crippen molar-refractivity contribution >= 4 is 17.6 Å². The summed E-state index contributed by atoms with van der Waals surface area (Å²) in [7, 11) is 1.59. The molecule has 1 fully saturated rings. The smallest absolute Gasteiger partial charge is 0.243 e. The second-order valence-electron chi connectivity index (χ2n) is 10.9. The molecule has 1 saturated heterocycles. The van der Waals surface area contributed by atoms with E-state index in [-0.39, 0.29) is 23.7 Å². The predicted molar refractivity (Wildman–Crippen MR) is 142 cm³/mol. The Morgan fingerprint density at radius 2 is 1.46 bits per heavy atom. The van der Waals surface area contributed by atoms with Crippen LogP contribution in [0.5, 0.6) is 5.75 Å². The minimum absolute atomic E-state index is 0.179. The van der Waals surface area contributed by atoms with Crippen molar-refractivity contribution in [2.45, 2.75) is 76.7 Å². The van der Waals surface area contributed by atoms with E-state index in [0.717, 1.165) is 11.1 Å². The fourth-order valence-corrected chi connectivity index (χ4v) is 4.17. The number of ether oxygens (including phenoxy) is 2. The topological polar surface area (TPSA) is 109 Å². The van der Waals surface area contributed by atoms with Gasteiger partial charge < -0.3 is 25.4 Å². The average molecular weight is 510 g/mol. The number of carbonyl (C=O) groups excluding carboxylic acids is 3. The van der Waals surface area contributed by atoms with Gasteiger partial charge in [0.2, 0.25) is 11.8 Å². The Balaban J connectivity index is 1.81. The lowest BCUT2D eigenvalue weighted by molar-refractivity contribution is -0.133. The van der Waals surface area contributed by atoms with Crippen LogP contribution in [0.25, 0.3) is 0 Å². The van der Waals surface area contributed by atoms with Crippen molar-refractivity contribution in [3.8, 4) is 5.75 Å². The van der Waals surface area contributed by atoms with E-state index in [2.05, 4.69) is 16.0 Å². The molecule has 4 atom stereocenters. The average Bonchev–Trinajstić information content (AvgIpc) is 3.61. The zero-order chi connectivity index (χ0) is 27.2. The molecule has 3 rings (SSSR count). The van der Waals surface area contributed by atoms with Gasteiger partial charge in [0.1, 0.15) is 17.4 Å². The van der Waals surface area contributed by atoms with E-state index in [1.165, 1.54) is 0 Å². The Labute approximate surface area is 219 Å². The zero-order valence-electron chi connectivity index (χ0n) is 22.6. The van der Waals surface area contributed by atoms with Crippen LogP contribution < -0.4 is 20.7 Å². The van der Waals surface area contributed by atoms with E-state index >= 15 is 0 Å². The van der Waals surface area contributed by atoms with Crippen LogP contribution in [0.2, 0.25) is 0 Å². The van der Waals surface area contributed by atoms with Gasteiger partial charge in [-0.05, 0) is 64.3 Å². The molecule has 0 aromatic heterocycles. The third-order valence-corrected chi connectivity index (χ3v) is 6.29. The third kappa shape index (κ3) is 8.40. The Bertz CT molecular complexity index is 1070. The first-order valence-corrected chi connectivity index (χ1v) is 12.6. The van der Waals surface area contributed by atoms with Crippen LogP contribution in [0.1, 0.15) is 45.7 Å². The first kappa shape index (κ1) is 28.3. The highest BCUT2D eigenvalue weighted by Crippen LogP contribution is 2.29. The number of epoxide rings is 1. The van der Waals surface area contributed by atoms with Crippen molar-refractivity contribution in [3.05, 3.63) is 65.7 Å².